The van der Waals surface area contributed by atoms with Gasteiger partial charge in [-0.15, -0.1) is 0 Å². The average molecular weight is 409 g/mol. The van der Waals surface area contributed by atoms with Crippen LogP contribution in [0.3, 0.4) is 0 Å². The summed E-state index contributed by atoms with van der Waals surface area (Å²) < 4.78 is 0. The van der Waals surface area contributed by atoms with Gasteiger partial charge in [-0.05, 0) is 27.5 Å². The molecule has 0 heterocycles. The molecule has 0 saturated carbocycles. The zero-order valence-electron chi connectivity index (χ0n) is 17.1. The molecular formula is C27H24N2O2. The van der Waals surface area contributed by atoms with E-state index in [1.807, 2.05) is 103 Å². The average Bonchev–Trinajstić information content (AvgIpc) is 2.80. The molecule has 4 aromatic carbocycles. The zero-order chi connectivity index (χ0) is 21.6. The highest BCUT2D eigenvalue weighted by atomic mass is 16.2. The number of fused-ring (bicyclic) bond motifs is 1. The number of hydrogen-bond donors (Lipinski definition) is 2. The van der Waals surface area contributed by atoms with Crippen molar-refractivity contribution in [2.24, 2.45) is 5.73 Å². The molecule has 0 radical (unpaired) electrons. The zero-order valence-corrected chi connectivity index (χ0v) is 17.1. The summed E-state index contributed by atoms with van der Waals surface area (Å²) in [6.07, 6.45) is 0.172. The lowest BCUT2D eigenvalue weighted by molar-refractivity contribution is -0.127. The van der Waals surface area contributed by atoms with Gasteiger partial charge >= 0.3 is 0 Å². The molecular weight excluding hydrogens is 384 g/mol. The number of carbonyl (C=O) groups is 2. The van der Waals surface area contributed by atoms with E-state index in [9.17, 15) is 9.59 Å². The maximum atomic E-state index is 12.9. The van der Waals surface area contributed by atoms with Gasteiger partial charge in [0.15, 0.2) is 0 Å². The predicted molar refractivity (Wildman–Crippen MR) is 124 cm³/mol. The lowest BCUT2D eigenvalue weighted by Gasteiger charge is -2.27. The van der Waals surface area contributed by atoms with Gasteiger partial charge in [-0.1, -0.05) is 103 Å². The second-order valence-electron chi connectivity index (χ2n) is 7.60. The van der Waals surface area contributed by atoms with Crippen molar-refractivity contribution in [2.45, 2.75) is 18.4 Å². The fraction of sp³-hybridized carbons (Fsp3) is 0.111. The smallest absolute Gasteiger partial charge is 0.240 e. The van der Waals surface area contributed by atoms with Gasteiger partial charge in [0.05, 0.1) is 6.42 Å². The fourth-order valence-corrected chi connectivity index (χ4v) is 3.98. The Morgan fingerprint density at radius 3 is 1.84 bits per heavy atom. The molecule has 31 heavy (non-hydrogen) atoms. The second kappa shape index (κ2) is 9.26. The summed E-state index contributed by atoms with van der Waals surface area (Å²) in [5.74, 6) is -1.18. The van der Waals surface area contributed by atoms with Gasteiger partial charge in [-0.25, -0.2) is 0 Å². The van der Waals surface area contributed by atoms with Crippen molar-refractivity contribution in [3.8, 4) is 0 Å². The van der Waals surface area contributed by atoms with Gasteiger partial charge in [0.25, 0.3) is 0 Å². The quantitative estimate of drug-likeness (QED) is 0.481. The number of rotatable bonds is 7. The summed E-state index contributed by atoms with van der Waals surface area (Å²) in [6.45, 7) is 0. The Morgan fingerprint density at radius 2 is 1.26 bits per heavy atom. The summed E-state index contributed by atoms with van der Waals surface area (Å²) in [6, 6.07) is 32.4. The van der Waals surface area contributed by atoms with Crippen molar-refractivity contribution in [3.63, 3.8) is 0 Å². The highest BCUT2D eigenvalue weighted by Crippen LogP contribution is 2.28. The minimum absolute atomic E-state index is 0.172. The van der Waals surface area contributed by atoms with Crippen LogP contribution in [0.25, 0.3) is 10.8 Å². The van der Waals surface area contributed by atoms with Gasteiger partial charge in [-0.2, -0.15) is 0 Å². The van der Waals surface area contributed by atoms with E-state index in [0.717, 1.165) is 27.5 Å². The molecule has 3 N–H and O–H groups in total. The van der Waals surface area contributed by atoms with Crippen LogP contribution in [0, 0.1) is 0 Å². The van der Waals surface area contributed by atoms with Crippen LogP contribution in [0.5, 0.6) is 0 Å². The molecule has 154 valence electrons. The molecule has 0 spiro atoms. The Hall–Kier alpha value is -3.92. The topological polar surface area (TPSA) is 72.2 Å². The van der Waals surface area contributed by atoms with Crippen LogP contribution in [0.4, 0.5) is 0 Å². The molecule has 0 saturated heterocycles. The third-order valence-corrected chi connectivity index (χ3v) is 5.45. The molecule has 4 nitrogen and oxygen atoms in total. The van der Waals surface area contributed by atoms with Crippen molar-refractivity contribution >= 4 is 22.6 Å². The van der Waals surface area contributed by atoms with Crippen molar-refractivity contribution in [3.05, 3.63) is 120 Å². The van der Waals surface area contributed by atoms with Crippen molar-refractivity contribution in [1.82, 2.24) is 5.32 Å². The van der Waals surface area contributed by atoms with Crippen LogP contribution in [0.2, 0.25) is 0 Å². The normalized spacial score (nSPS) is 11.9. The number of primary amides is 1. The number of nitrogens with two attached hydrogens (primary N) is 1. The van der Waals surface area contributed by atoms with E-state index >= 15 is 0 Å². The molecule has 4 heteroatoms. The first-order valence-corrected chi connectivity index (χ1v) is 10.3. The Kier molecular flexibility index (Phi) is 6.08. The maximum Gasteiger partial charge on any atom is 0.240 e. The predicted octanol–water partition coefficient (Wildman–Crippen LogP) is 4.18. The number of amides is 2. The summed E-state index contributed by atoms with van der Waals surface area (Å²) in [5, 5.41) is 5.09. The highest BCUT2D eigenvalue weighted by Gasteiger charge is 2.30. The lowest BCUT2D eigenvalue weighted by atomic mass is 9.84. The van der Waals surface area contributed by atoms with Gasteiger partial charge in [0.1, 0.15) is 6.04 Å². The molecule has 0 aliphatic heterocycles. The lowest BCUT2D eigenvalue weighted by Crippen LogP contribution is -2.49. The van der Waals surface area contributed by atoms with Crippen LogP contribution in [-0.4, -0.2) is 17.9 Å². The summed E-state index contributed by atoms with van der Waals surface area (Å²) in [7, 11) is 0. The van der Waals surface area contributed by atoms with E-state index in [0.29, 0.717) is 0 Å². The minimum Gasteiger partial charge on any atom is -0.368 e. The summed E-state index contributed by atoms with van der Waals surface area (Å²) in [4.78, 5) is 25.4. The summed E-state index contributed by atoms with van der Waals surface area (Å²) in [5.41, 5.74) is 8.50. The number of carbonyl (C=O) groups excluding carboxylic acids is 2. The molecule has 0 fully saturated rings. The molecule has 0 aliphatic carbocycles. The first kappa shape index (κ1) is 20.4. The van der Waals surface area contributed by atoms with E-state index in [-0.39, 0.29) is 18.2 Å². The standard InChI is InChI=1S/C27H24N2O2/c28-27(31)26(25(21-10-3-1-4-11-21)22-12-5-2-6-13-22)29-24(30)18-19-15-16-20-9-7-8-14-23(20)17-19/h1-17,25-26H,18H2,(H2,28,31)(H,29,30)/t26-/m1/s1. The third kappa shape index (κ3) is 4.81. The molecule has 0 aliphatic rings. The highest BCUT2D eigenvalue weighted by molar-refractivity contribution is 5.90. The van der Waals surface area contributed by atoms with Crippen LogP contribution in [-0.2, 0) is 16.0 Å². The van der Waals surface area contributed by atoms with E-state index in [1.54, 1.807) is 0 Å². The Bertz CT molecular complexity index is 1150. The first-order valence-electron chi connectivity index (χ1n) is 10.3. The first-order chi connectivity index (χ1) is 15.1. The van der Waals surface area contributed by atoms with Gasteiger partial charge < -0.3 is 11.1 Å². The molecule has 4 aromatic rings. The van der Waals surface area contributed by atoms with Crippen molar-refractivity contribution in [2.75, 3.05) is 0 Å². The van der Waals surface area contributed by atoms with E-state index in [2.05, 4.69) is 5.32 Å². The van der Waals surface area contributed by atoms with Crippen LogP contribution in [0.1, 0.15) is 22.6 Å². The van der Waals surface area contributed by atoms with E-state index < -0.39 is 11.9 Å². The summed E-state index contributed by atoms with van der Waals surface area (Å²) >= 11 is 0. The Morgan fingerprint density at radius 1 is 0.710 bits per heavy atom. The molecule has 0 aromatic heterocycles. The van der Waals surface area contributed by atoms with E-state index in [1.165, 1.54) is 0 Å². The van der Waals surface area contributed by atoms with Gasteiger partial charge in [0, 0.05) is 5.92 Å². The second-order valence-corrected chi connectivity index (χ2v) is 7.60. The molecule has 4 rings (SSSR count). The maximum absolute atomic E-state index is 12.9. The van der Waals surface area contributed by atoms with Crippen LogP contribution >= 0.6 is 0 Å². The van der Waals surface area contributed by atoms with Crippen molar-refractivity contribution in [1.29, 1.82) is 0 Å². The monoisotopic (exact) mass is 408 g/mol. The number of nitrogens with one attached hydrogen (secondary N) is 1. The van der Waals surface area contributed by atoms with Crippen LogP contribution < -0.4 is 11.1 Å². The largest absolute Gasteiger partial charge is 0.368 e. The Balaban J connectivity index is 1.60. The third-order valence-electron chi connectivity index (χ3n) is 5.45. The number of hydrogen-bond acceptors (Lipinski definition) is 2. The minimum atomic E-state index is -0.863. The SMILES string of the molecule is NC(=O)[C@H](NC(=O)Cc1ccc2ccccc2c1)C(c1ccccc1)c1ccccc1. The van der Waals surface area contributed by atoms with Crippen LogP contribution in [0.15, 0.2) is 103 Å². The van der Waals surface area contributed by atoms with Gasteiger partial charge in [-0.3, -0.25) is 9.59 Å². The van der Waals surface area contributed by atoms with Crippen molar-refractivity contribution < 1.29 is 9.59 Å². The Labute approximate surface area is 181 Å². The fourth-order valence-electron chi connectivity index (χ4n) is 3.98. The number of benzene rings is 4. The molecule has 2 amide bonds. The molecule has 1 atom stereocenters. The van der Waals surface area contributed by atoms with Gasteiger partial charge in [0.2, 0.25) is 11.8 Å². The molecule has 0 bridgehead atoms. The van der Waals surface area contributed by atoms with E-state index in [4.69, 9.17) is 5.73 Å². The molecule has 0 unspecified atom stereocenters.